The molecule has 15 heteroatoms. The number of rotatable bonds is 5. The van der Waals surface area contributed by atoms with Crippen LogP contribution in [0, 0.1) is 5.92 Å². The quantitative estimate of drug-likeness (QED) is 0.377. The predicted molar refractivity (Wildman–Crippen MR) is 168 cm³/mol. The molecular weight excluding hydrogens is 655 g/mol. The fraction of sp³-hybridized carbons (Fsp3) is 0.485. The molecule has 1 N–H and O–H groups in total. The summed E-state index contributed by atoms with van der Waals surface area (Å²) in [5.41, 5.74) is 2.73. The van der Waals surface area contributed by atoms with Crippen molar-refractivity contribution < 1.29 is 50.6 Å². The van der Waals surface area contributed by atoms with Crippen molar-refractivity contribution in [3.05, 3.63) is 64.8 Å². The summed E-state index contributed by atoms with van der Waals surface area (Å²) in [6.07, 6.45) is -0.699. The standard InChI is InChI=1S/C31H37N3O6S.C2HF3O2/c1-21-9-14-32(15-10-21)30(35)22-7-8-27-25(19-22)26-20-33(23-12-17-40-18-13-23)16-11-28(26)34(27)41(37,38)29-6-4-3-5-24(29)31(36)39-2;3-2(4,5)1(6)7/h3-8,19,21,23H,9-18,20H2,1-2H3;(H,6,7). The Labute approximate surface area is 276 Å². The average molecular weight is 694 g/mol. The minimum atomic E-state index is -5.08. The van der Waals surface area contributed by atoms with Gasteiger partial charge < -0.3 is 19.5 Å². The normalized spacial score (nSPS) is 18.1. The number of aliphatic carboxylic acids is 1. The molecule has 1 aromatic heterocycles. The number of esters is 1. The number of carbonyl (C=O) groups excluding carboxylic acids is 2. The minimum absolute atomic E-state index is 0.00336. The summed E-state index contributed by atoms with van der Waals surface area (Å²) >= 11 is 0. The number of benzene rings is 2. The van der Waals surface area contributed by atoms with E-state index in [0.29, 0.717) is 41.7 Å². The first kappa shape index (κ1) is 35.4. The molecule has 260 valence electrons. The zero-order valence-corrected chi connectivity index (χ0v) is 27.5. The van der Waals surface area contributed by atoms with Crippen molar-refractivity contribution in [2.75, 3.05) is 40.0 Å². The third-order valence-corrected chi connectivity index (χ3v) is 11.0. The summed E-state index contributed by atoms with van der Waals surface area (Å²) in [5, 5.41) is 7.90. The number of carbonyl (C=O) groups is 3. The Bertz CT molecular complexity index is 1790. The number of methoxy groups -OCH3 is 1. The Kier molecular flexibility index (Phi) is 10.5. The van der Waals surface area contributed by atoms with E-state index in [1.807, 2.05) is 11.0 Å². The van der Waals surface area contributed by atoms with E-state index in [0.717, 1.165) is 69.5 Å². The van der Waals surface area contributed by atoms with E-state index in [1.54, 1.807) is 24.3 Å². The fourth-order valence-electron chi connectivity index (χ4n) is 6.57. The van der Waals surface area contributed by atoms with Gasteiger partial charge in [-0.15, -0.1) is 0 Å². The molecule has 0 aliphatic carbocycles. The first-order valence-electron chi connectivity index (χ1n) is 15.7. The zero-order chi connectivity index (χ0) is 34.8. The number of ether oxygens (including phenoxy) is 2. The Morgan fingerprint density at radius 2 is 1.62 bits per heavy atom. The summed E-state index contributed by atoms with van der Waals surface area (Å²) < 4.78 is 72.3. The Balaban J connectivity index is 0.000000582. The summed E-state index contributed by atoms with van der Waals surface area (Å²) in [5.74, 6) is -2.87. The van der Waals surface area contributed by atoms with E-state index in [9.17, 15) is 31.2 Å². The maximum atomic E-state index is 14.4. The number of hydrogen-bond acceptors (Lipinski definition) is 8. The van der Waals surface area contributed by atoms with Crippen molar-refractivity contribution in [1.82, 2.24) is 13.8 Å². The number of aromatic nitrogens is 1. The molecule has 6 rings (SSSR count). The molecule has 3 aliphatic rings. The van der Waals surface area contributed by atoms with E-state index in [-0.39, 0.29) is 16.4 Å². The SMILES string of the molecule is COC(=O)c1ccccc1S(=O)(=O)n1c2c(c3cc(C(=O)N4CCC(C)CC4)ccc31)CN(C1CCOCC1)CC2.O=C(O)C(F)(F)F. The van der Waals surface area contributed by atoms with Crippen molar-refractivity contribution in [2.45, 2.75) is 62.7 Å². The van der Waals surface area contributed by atoms with Gasteiger partial charge in [0.15, 0.2) is 0 Å². The molecule has 0 spiro atoms. The number of hydrogen-bond donors (Lipinski definition) is 1. The average Bonchev–Trinajstić information content (AvgIpc) is 3.42. The van der Waals surface area contributed by atoms with Crippen molar-refractivity contribution in [3.8, 4) is 0 Å². The van der Waals surface area contributed by atoms with Gasteiger partial charge in [-0.25, -0.2) is 22.0 Å². The first-order chi connectivity index (χ1) is 22.7. The molecule has 1 amide bonds. The highest BCUT2D eigenvalue weighted by Crippen LogP contribution is 2.37. The van der Waals surface area contributed by atoms with Crippen LogP contribution in [0.25, 0.3) is 10.9 Å². The van der Waals surface area contributed by atoms with Crippen LogP contribution in [0.1, 0.15) is 64.6 Å². The largest absolute Gasteiger partial charge is 0.490 e. The number of likely N-dealkylation sites (tertiary alicyclic amines) is 1. The highest BCUT2D eigenvalue weighted by molar-refractivity contribution is 7.90. The van der Waals surface area contributed by atoms with Crippen LogP contribution in [0.15, 0.2) is 47.4 Å². The van der Waals surface area contributed by atoms with E-state index in [2.05, 4.69) is 11.8 Å². The second kappa shape index (κ2) is 14.3. The molecule has 0 unspecified atom stereocenters. The Hall–Kier alpha value is -3.95. The van der Waals surface area contributed by atoms with Crippen LogP contribution >= 0.6 is 0 Å². The molecule has 0 atom stereocenters. The lowest BCUT2D eigenvalue weighted by atomic mass is 9.97. The number of halogens is 3. The van der Waals surface area contributed by atoms with Crippen LogP contribution in [0.4, 0.5) is 13.2 Å². The van der Waals surface area contributed by atoms with Crippen molar-refractivity contribution >= 4 is 38.8 Å². The summed E-state index contributed by atoms with van der Waals surface area (Å²) in [7, 11) is -2.93. The van der Waals surface area contributed by atoms with Crippen LogP contribution in [0.5, 0.6) is 0 Å². The van der Waals surface area contributed by atoms with Gasteiger partial charge in [-0.05, 0) is 67.5 Å². The molecule has 4 heterocycles. The third kappa shape index (κ3) is 7.22. The molecule has 2 fully saturated rings. The van der Waals surface area contributed by atoms with Crippen LogP contribution in [-0.4, -0.2) is 97.3 Å². The molecule has 0 saturated carbocycles. The van der Waals surface area contributed by atoms with E-state index >= 15 is 0 Å². The van der Waals surface area contributed by atoms with Gasteiger partial charge in [0.1, 0.15) is 4.90 Å². The van der Waals surface area contributed by atoms with Gasteiger partial charge in [0, 0.05) is 68.5 Å². The number of alkyl halides is 3. The second-order valence-electron chi connectivity index (χ2n) is 12.3. The number of piperidine rings is 1. The highest BCUT2D eigenvalue weighted by Gasteiger charge is 2.38. The molecule has 3 aromatic rings. The highest BCUT2D eigenvalue weighted by atomic mass is 32.2. The number of carboxylic acid groups (broad SMARTS) is 1. The Morgan fingerprint density at radius 3 is 2.25 bits per heavy atom. The molecule has 11 nitrogen and oxygen atoms in total. The van der Waals surface area contributed by atoms with Crippen LogP contribution in [-0.2, 0) is 37.3 Å². The van der Waals surface area contributed by atoms with Gasteiger partial charge in [-0.1, -0.05) is 19.1 Å². The molecular formula is C33H38F3N3O8S. The maximum Gasteiger partial charge on any atom is 0.490 e. The lowest BCUT2D eigenvalue weighted by Crippen LogP contribution is -2.42. The summed E-state index contributed by atoms with van der Waals surface area (Å²) in [6.45, 7) is 6.44. The summed E-state index contributed by atoms with van der Waals surface area (Å²) in [4.78, 5) is 39.2. The summed E-state index contributed by atoms with van der Waals surface area (Å²) in [6, 6.07) is 11.9. The molecule has 2 aromatic carbocycles. The van der Waals surface area contributed by atoms with Gasteiger partial charge in [0.25, 0.3) is 15.9 Å². The molecule has 0 bridgehead atoms. The fourth-order valence-corrected chi connectivity index (χ4v) is 8.36. The molecule has 2 saturated heterocycles. The van der Waals surface area contributed by atoms with Crippen LogP contribution < -0.4 is 0 Å². The number of carboxylic acids is 1. The van der Waals surface area contributed by atoms with Crippen molar-refractivity contribution in [2.24, 2.45) is 5.92 Å². The topological polar surface area (TPSA) is 135 Å². The third-order valence-electron chi connectivity index (χ3n) is 9.21. The lowest BCUT2D eigenvalue weighted by molar-refractivity contribution is -0.192. The molecule has 48 heavy (non-hydrogen) atoms. The smallest absolute Gasteiger partial charge is 0.475 e. The van der Waals surface area contributed by atoms with Crippen LogP contribution in [0.3, 0.4) is 0 Å². The lowest BCUT2D eigenvalue weighted by Gasteiger charge is -2.37. The number of amides is 1. The van der Waals surface area contributed by atoms with E-state index < -0.39 is 28.1 Å². The first-order valence-corrected chi connectivity index (χ1v) is 17.2. The van der Waals surface area contributed by atoms with E-state index in [1.165, 1.54) is 23.2 Å². The van der Waals surface area contributed by atoms with Crippen molar-refractivity contribution in [3.63, 3.8) is 0 Å². The number of fused-ring (bicyclic) bond motifs is 3. The van der Waals surface area contributed by atoms with Gasteiger partial charge >= 0.3 is 18.1 Å². The predicted octanol–water partition coefficient (Wildman–Crippen LogP) is 4.71. The van der Waals surface area contributed by atoms with Gasteiger partial charge in [-0.3, -0.25) is 9.69 Å². The molecule has 3 aliphatic heterocycles. The maximum absolute atomic E-state index is 14.4. The Morgan fingerprint density at radius 1 is 0.979 bits per heavy atom. The van der Waals surface area contributed by atoms with Gasteiger partial charge in [-0.2, -0.15) is 13.2 Å². The van der Waals surface area contributed by atoms with E-state index in [4.69, 9.17) is 19.4 Å². The van der Waals surface area contributed by atoms with Gasteiger partial charge in [0.2, 0.25) is 0 Å². The minimum Gasteiger partial charge on any atom is -0.475 e. The number of nitrogens with zero attached hydrogens (tertiary/aromatic N) is 3. The van der Waals surface area contributed by atoms with Crippen molar-refractivity contribution in [1.29, 1.82) is 0 Å². The zero-order valence-electron chi connectivity index (χ0n) is 26.7. The monoisotopic (exact) mass is 693 g/mol. The van der Waals surface area contributed by atoms with Gasteiger partial charge in [0.05, 0.1) is 18.2 Å². The molecule has 0 radical (unpaired) electrons. The second-order valence-corrected chi connectivity index (χ2v) is 14.0. The van der Waals surface area contributed by atoms with Crippen LogP contribution in [0.2, 0.25) is 0 Å².